The molecule has 1 N–H and O–H groups in total. The molecule has 3 aliphatic rings. The molecule has 0 saturated carbocycles. The van der Waals surface area contributed by atoms with Crippen molar-refractivity contribution in [2.24, 2.45) is 0 Å². The summed E-state index contributed by atoms with van der Waals surface area (Å²) in [7, 11) is 0. The number of amides is 4. The van der Waals surface area contributed by atoms with Gasteiger partial charge in [0.15, 0.2) is 0 Å². The number of halogens is 2. The summed E-state index contributed by atoms with van der Waals surface area (Å²) in [5, 5.41) is 6.14. The number of carbonyl (C=O) groups excluding carboxylic acids is 4. The molecule has 0 bridgehead atoms. The van der Waals surface area contributed by atoms with Crippen molar-refractivity contribution in [2.45, 2.75) is 38.3 Å². The number of aromatic nitrogens is 3. The lowest BCUT2D eigenvalue weighted by molar-refractivity contribution is -0.150. The van der Waals surface area contributed by atoms with E-state index < -0.39 is 41.3 Å². The molecule has 3 aromatic rings. The molecule has 198 valence electrons. The van der Waals surface area contributed by atoms with Crippen LogP contribution in [0.2, 0.25) is 0 Å². The van der Waals surface area contributed by atoms with Gasteiger partial charge in [0.1, 0.15) is 29.1 Å². The summed E-state index contributed by atoms with van der Waals surface area (Å²) >= 11 is 0. The summed E-state index contributed by atoms with van der Waals surface area (Å²) in [6.07, 6.45) is 1.08. The van der Waals surface area contributed by atoms with E-state index in [9.17, 15) is 28.0 Å². The summed E-state index contributed by atoms with van der Waals surface area (Å²) in [6.45, 7) is 0.469. The van der Waals surface area contributed by atoms with Crippen LogP contribution in [0, 0.1) is 11.6 Å². The first kappa shape index (κ1) is 24.5. The summed E-state index contributed by atoms with van der Waals surface area (Å²) in [4.78, 5) is 61.7. The number of hydrogen-bond donors (Lipinski definition) is 1. The van der Waals surface area contributed by atoms with Crippen LogP contribution in [0.25, 0.3) is 22.8 Å². The molecule has 39 heavy (non-hydrogen) atoms. The first-order valence-corrected chi connectivity index (χ1v) is 12.3. The molecule has 1 aromatic carbocycles. The second kappa shape index (κ2) is 9.49. The molecule has 11 nitrogen and oxygen atoms in total. The highest BCUT2D eigenvalue weighted by atomic mass is 19.1. The van der Waals surface area contributed by atoms with Crippen molar-refractivity contribution in [3.63, 3.8) is 0 Å². The van der Waals surface area contributed by atoms with Crippen LogP contribution in [-0.2, 0) is 25.7 Å². The zero-order valence-corrected chi connectivity index (χ0v) is 20.3. The lowest BCUT2D eigenvalue weighted by Crippen LogP contribution is -2.55. The molecule has 3 aliphatic heterocycles. The van der Waals surface area contributed by atoms with E-state index in [-0.39, 0.29) is 48.1 Å². The van der Waals surface area contributed by atoms with Gasteiger partial charge in [0.2, 0.25) is 23.5 Å². The van der Waals surface area contributed by atoms with Gasteiger partial charge >= 0.3 is 0 Å². The van der Waals surface area contributed by atoms with Crippen molar-refractivity contribution in [3.05, 3.63) is 65.2 Å². The Hall–Kier alpha value is -4.81. The van der Waals surface area contributed by atoms with Crippen molar-refractivity contribution in [1.82, 2.24) is 30.2 Å². The van der Waals surface area contributed by atoms with E-state index in [0.29, 0.717) is 30.7 Å². The predicted molar refractivity (Wildman–Crippen MR) is 128 cm³/mol. The largest absolute Gasteiger partial charge is 0.357 e. The van der Waals surface area contributed by atoms with E-state index in [1.54, 1.807) is 23.1 Å². The molecule has 4 amide bonds. The van der Waals surface area contributed by atoms with Crippen LogP contribution in [0.4, 0.5) is 8.78 Å². The fraction of sp³-hybridized carbons (Fsp3) is 0.269. The van der Waals surface area contributed by atoms with Crippen molar-refractivity contribution < 1.29 is 32.5 Å². The Balaban J connectivity index is 1.22. The smallest absolute Gasteiger partial charge is 0.278 e. The van der Waals surface area contributed by atoms with Crippen molar-refractivity contribution in [3.8, 4) is 22.8 Å². The van der Waals surface area contributed by atoms with Gasteiger partial charge in [0.05, 0.1) is 12.2 Å². The first-order valence-electron chi connectivity index (χ1n) is 12.3. The van der Waals surface area contributed by atoms with Gasteiger partial charge in [-0.2, -0.15) is 4.98 Å². The third kappa shape index (κ3) is 4.35. The van der Waals surface area contributed by atoms with E-state index >= 15 is 0 Å². The second-order valence-electron chi connectivity index (χ2n) is 9.34. The average molecular weight is 534 g/mol. The SMILES string of the molecule is O=C1CCC(N2C(=O)C3=C(C2=O)N(Cc2nc(-c4cccc(-c5ccc(F)cc5F)n4)no2)CCC3)C(=O)N1. The van der Waals surface area contributed by atoms with Crippen LogP contribution in [0.3, 0.4) is 0 Å². The van der Waals surface area contributed by atoms with Crippen LogP contribution in [0.5, 0.6) is 0 Å². The summed E-state index contributed by atoms with van der Waals surface area (Å²) in [6, 6.07) is 6.96. The molecule has 0 radical (unpaired) electrons. The molecule has 1 unspecified atom stereocenters. The maximum absolute atomic E-state index is 14.3. The highest BCUT2D eigenvalue weighted by Gasteiger charge is 2.48. The number of pyridine rings is 1. The van der Waals surface area contributed by atoms with Crippen LogP contribution >= 0.6 is 0 Å². The van der Waals surface area contributed by atoms with Gasteiger partial charge < -0.3 is 9.42 Å². The van der Waals surface area contributed by atoms with E-state index in [1.807, 2.05) is 0 Å². The molecule has 5 heterocycles. The van der Waals surface area contributed by atoms with Crippen molar-refractivity contribution >= 4 is 23.6 Å². The van der Waals surface area contributed by atoms with Gasteiger partial charge in [0.25, 0.3) is 11.8 Å². The number of hydrogen-bond acceptors (Lipinski definition) is 9. The van der Waals surface area contributed by atoms with E-state index in [1.165, 1.54) is 6.07 Å². The third-order valence-corrected chi connectivity index (χ3v) is 6.86. The van der Waals surface area contributed by atoms with Crippen LogP contribution in [0.1, 0.15) is 31.6 Å². The zero-order valence-electron chi connectivity index (χ0n) is 20.3. The van der Waals surface area contributed by atoms with E-state index in [2.05, 4.69) is 20.4 Å². The van der Waals surface area contributed by atoms with Crippen molar-refractivity contribution in [2.75, 3.05) is 6.54 Å². The molecule has 0 spiro atoms. The average Bonchev–Trinajstić information content (AvgIpc) is 3.47. The second-order valence-corrected chi connectivity index (χ2v) is 9.34. The number of nitrogens with one attached hydrogen (secondary N) is 1. The molecule has 0 aliphatic carbocycles. The minimum Gasteiger partial charge on any atom is -0.357 e. The third-order valence-electron chi connectivity index (χ3n) is 6.86. The van der Waals surface area contributed by atoms with Gasteiger partial charge in [0, 0.05) is 30.2 Å². The summed E-state index contributed by atoms with van der Waals surface area (Å²) in [5.41, 5.74) is 1.15. The Morgan fingerprint density at radius 2 is 1.82 bits per heavy atom. The number of nitrogens with zero attached hydrogens (tertiary/aromatic N) is 5. The number of benzene rings is 1. The summed E-state index contributed by atoms with van der Waals surface area (Å²) in [5.74, 6) is -3.42. The predicted octanol–water partition coefficient (Wildman–Crippen LogP) is 2.10. The molecule has 1 atom stereocenters. The Morgan fingerprint density at radius 3 is 2.62 bits per heavy atom. The van der Waals surface area contributed by atoms with Crippen LogP contribution in [0.15, 0.2) is 52.2 Å². The van der Waals surface area contributed by atoms with Gasteiger partial charge in [-0.25, -0.2) is 13.8 Å². The standard InChI is InChI=1S/C26H20F2N6O5/c27-13-6-7-14(16(28)11-13)17-4-1-5-18(29-17)23-31-21(39-32-23)12-33-10-2-3-15-22(33)26(38)34(25(15)37)19-8-9-20(35)30-24(19)36/h1,4-7,11,19H,2-3,8-10,12H2,(H,30,35,36). The normalized spacial score (nSPS) is 19.6. The molecule has 6 rings (SSSR count). The number of carbonyl (C=O) groups is 4. The van der Waals surface area contributed by atoms with Crippen LogP contribution in [-0.4, -0.2) is 61.1 Å². The van der Waals surface area contributed by atoms with Gasteiger partial charge in [-0.3, -0.25) is 29.4 Å². The maximum atomic E-state index is 14.3. The van der Waals surface area contributed by atoms with E-state index in [4.69, 9.17) is 4.52 Å². The monoisotopic (exact) mass is 534 g/mol. The highest BCUT2D eigenvalue weighted by Crippen LogP contribution is 2.35. The number of rotatable bonds is 5. The summed E-state index contributed by atoms with van der Waals surface area (Å²) < 4.78 is 32.9. The van der Waals surface area contributed by atoms with Crippen molar-refractivity contribution in [1.29, 1.82) is 0 Å². The Bertz CT molecular complexity index is 1580. The minimum atomic E-state index is -1.05. The highest BCUT2D eigenvalue weighted by molar-refractivity contribution is 6.21. The molecule has 1 saturated heterocycles. The lowest BCUT2D eigenvalue weighted by Gasteiger charge is -2.29. The maximum Gasteiger partial charge on any atom is 0.278 e. The Kier molecular flexibility index (Phi) is 5.97. The lowest BCUT2D eigenvalue weighted by atomic mass is 10.0. The fourth-order valence-electron chi connectivity index (χ4n) is 5.05. The van der Waals surface area contributed by atoms with Gasteiger partial charge in [-0.15, -0.1) is 0 Å². The Morgan fingerprint density at radius 1 is 1.00 bits per heavy atom. The molecular formula is C26H20F2N6O5. The molecule has 1 fully saturated rings. The fourth-order valence-corrected chi connectivity index (χ4v) is 5.05. The quantitative estimate of drug-likeness (QED) is 0.488. The van der Waals surface area contributed by atoms with E-state index in [0.717, 1.165) is 17.0 Å². The minimum absolute atomic E-state index is 0.0281. The van der Waals surface area contributed by atoms with Gasteiger partial charge in [-0.1, -0.05) is 11.2 Å². The topological polar surface area (TPSA) is 139 Å². The number of imide groups is 2. The van der Waals surface area contributed by atoms with Crippen LogP contribution < -0.4 is 5.32 Å². The molecule has 2 aromatic heterocycles. The first-order chi connectivity index (χ1) is 18.8. The number of piperidine rings is 1. The zero-order chi connectivity index (χ0) is 27.3. The van der Waals surface area contributed by atoms with Gasteiger partial charge in [-0.05, 0) is 43.5 Å². The molecule has 13 heteroatoms. The molecular weight excluding hydrogens is 514 g/mol. The Labute approximate surface area is 219 Å².